The molecule has 0 aliphatic heterocycles. The van der Waals surface area contributed by atoms with Crippen molar-refractivity contribution in [3.63, 3.8) is 0 Å². The predicted octanol–water partition coefficient (Wildman–Crippen LogP) is 0.190. The number of hydrogen-bond acceptors (Lipinski definition) is 6. The molecule has 0 N–H and O–H groups in total. The van der Waals surface area contributed by atoms with E-state index >= 15 is 0 Å². The summed E-state index contributed by atoms with van der Waals surface area (Å²) in [6.07, 6.45) is 0. The summed E-state index contributed by atoms with van der Waals surface area (Å²) in [6, 6.07) is 0. The van der Waals surface area contributed by atoms with Crippen LogP contribution in [0.15, 0.2) is 0 Å². The van der Waals surface area contributed by atoms with Crippen molar-refractivity contribution in [1.82, 2.24) is 0 Å². The minimum absolute atomic E-state index is 0. The molecule has 84 valence electrons. The Hall–Kier alpha value is -1.01. The standard InChI is InChI=1S/2C4H6O3.Ti/c2*1-3(5)7-4(2)6;/h2*1-2H3;. The fourth-order valence-electron chi connectivity index (χ4n) is 0.405. The normalized spacial score (nSPS) is 7.20. The molecule has 0 heterocycles. The number of esters is 4. The summed E-state index contributed by atoms with van der Waals surface area (Å²) in [5.41, 5.74) is 0. The largest absolute Gasteiger partial charge is 0.394 e. The number of hydrogen-bond donors (Lipinski definition) is 0. The van der Waals surface area contributed by atoms with Gasteiger partial charge in [0.05, 0.1) is 0 Å². The van der Waals surface area contributed by atoms with E-state index in [-0.39, 0.29) is 21.7 Å². The van der Waals surface area contributed by atoms with Gasteiger partial charge in [0.1, 0.15) is 0 Å². The van der Waals surface area contributed by atoms with Crippen molar-refractivity contribution in [1.29, 1.82) is 0 Å². The maximum atomic E-state index is 9.81. The van der Waals surface area contributed by atoms with Crippen molar-refractivity contribution in [3.05, 3.63) is 0 Å². The van der Waals surface area contributed by atoms with Crippen LogP contribution in [-0.2, 0) is 50.4 Å². The Morgan fingerprint density at radius 1 is 0.600 bits per heavy atom. The smallest absolute Gasteiger partial charge is 0.310 e. The van der Waals surface area contributed by atoms with Gasteiger partial charge < -0.3 is 9.47 Å². The average Bonchev–Trinajstić information content (AvgIpc) is 1.79. The molecule has 6 nitrogen and oxygen atoms in total. The zero-order valence-corrected chi connectivity index (χ0v) is 10.5. The van der Waals surface area contributed by atoms with Crippen LogP contribution in [0, 0.1) is 0 Å². The molecule has 0 aromatic carbocycles. The van der Waals surface area contributed by atoms with Crippen molar-refractivity contribution in [2.45, 2.75) is 27.7 Å². The van der Waals surface area contributed by atoms with Crippen molar-refractivity contribution in [2.24, 2.45) is 0 Å². The van der Waals surface area contributed by atoms with Gasteiger partial charge in [-0.1, -0.05) is 0 Å². The molecule has 15 heavy (non-hydrogen) atoms. The Morgan fingerprint density at radius 3 is 0.733 bits per heavy atom. The summed E-state index contributed by atoms with van der Waals surface area (Å²) in [5, 5.41) is 0. The van der Waals surface area contributed by atoms with E-state index in [0.29, 0.717) is 0 Å². The van der Waals surface area contributed by atoms with Gasteiger partial charge >= 0.3 is 23.9 Å². The minimum atomic E-state index is -0.562. The van der Waals surface area contributed by atoms with Gasteiger partial charge in [0, 0.05) is 49.4 Å². The molecule has 0 aliphatic carbocycles. The van der Waals surface area contributed by atoms with Crippen molar-refractivity contribution in [2.75, 3.05) is 0 Å². The summed E-state index contributed by atoms with van der Waals surface area (Å²) in [6.45, 7) is 4.73. The molecule has 0 rings (SSSR count). The maximum Gasteiger partial charge on any atom is 0.310 e. The number of rotatable bonds is 0. The molecular formula is C8H12O6Ti. The first kappa shape index (κ1) is 19.5. The summed E-state index contributed by atoms with van der Waals surface area (Å²) >= 11 is 0. The Kier molecular flexibility index (Phi) is 14.4. The van der Waals surface area contributed by atoms with E-state index < -0.39 is 23.9 Å². The van der Waals surface area contributed by atoms with Crippen LogP contribution in [0.5, 0.6) is 0 Å². The number of carbonyl (C=O) groups is 4. The van der Waals surface area contributed by atoms with Crippen molar-refractivity contribution >= 4 is 23.9 Å². The molecule has 0 aliphatic rings. The molecule has 7 heteroatoms. The molecule has 0 amide bonds. The Balaban J connectivity index is -0.000000180. The minimum Gasteiger partial charge on any atom is -0.394 e. The van der Waals surface area contributed by atoms with Crippen LogP contribution in [-0.4, -0.2) is 23.9 Å². The van der Waals surface area contributed by atoms with Gasteiger partial charge in [-0.05, 0) is 0 Å². The second-order valence-corrected chi connectivity index (χ2v) is 2.17. The van der Waals surface area contributed by atoms with E-state index in [1.54, 1.807) is 0 Å². The third-order valence-electron chi connectivity index (χ3n) is 0.575. The van der Waals surface area contributed by atoms with E-state index in [0.717, 1.165) is 0 Å². The average molecular weight is 252 g/mol. The molecule has 0 atom stereocenters. The fraction of sp³-hybridized carbons (Fsp3) is 0.500. The van der Waals surface area contributed by atoms with Gasteiger partial charge in [0.25, 0.3) is 0 Å². The first-order chi connectivity index (χ1) is 6.25. The quantitative estimate of drug-likeness (QED) is 0.347. The molecule has 0 fully saturated rings. The Labute approximate surface area is 102 Å². The van der Waals surface area contributed by atoms with Crippen molar-refractivity contribution < 1.29 is 50.4 Å². The first-order valence-electron chi connectivity index (χ1n) is 3.63. The number of ether oxygens (including phenoxy) is 2. The first-order valence-corrected chi connectivity index (χ1v) is 3.63. The molecule has 0 saturated heterocycles. The monoisotopic (exact) mass is 252 g/mol. The topological polar surface area (TPSA) is 86.7 Å². The van der Waals surface area contributed by atoms with Crippen LogP contribution >= 0.6 is 0 Å². The van der Waals surface area contributed by atoms with Gasteiger partial charge in [0.15, 0.2) is 0 Å². The van der Waals surface area contributed by atoms with Crippen LogP contribution in [0.25, 0.3) is 0 Å². The summed E-state index contributed by atoms with van der Waals surface area (Å²) in [4.78, 5) is 39.2. The zero-order valence-electron chi connectivity index (χ0n) is 8.95. The van der Waals surface area contributed by atoms with Crippen molar-refractivity contribution in [3.8, 4) is 0 Å². The molecule has 0 bridgehead atoms. The summed E-state index contributed by atoms with van der Waals surface area (Å²) in [7, 11) is 0. The third-order valence-corrected chi connectivity index (χ3v) is 0.575. The van der Waals surface area contributed by atoms with E-state index in [1.807, 2.05) is 0 Å². The second kappa shape index (κ2) is 11.1. The Morgan fingerprint density at radius 2 is 0.733 bits per heavy atom. The Bertz CT molecular complexity index is 198. The molecule has 0 unspecified atom stereocenters. The third kappa shape index (κ3) is 32.1. The summed E-state index contributed by atoms with van der Waals surface area (Å²) in [5.74, 6) is -2.25. The van der Waals surface area contributed by atoms with E-state index in [9.17, 15) is 19.2 Å². The molecular weight excluding hydrogens is 240 g/mol. The second-order valence-electron chi connectivity index (χ2n) is 2.17. The van der Waals surface area contributed by atoms with Gasteiger partial charge in [-0.3, -0.25) is 19.2 Å². The van der Waals surface area contributed by atoms with Crippen LogP contribution < -0.4 is 0 Å². The van der Waals surface area contributed by atoms with E-state index in [1.165, 1.54) is 27.7 Å². The maximum absolute atomic E-state index is 9.81. The molecule has 0 spiro atoms. The van der Waals surface area contributed by atoms with Gasteiger partial charge in [-0.2, -0.15) is 0 Å². The summed E-state index contributed by atoms with van der Waals surface area (Å²) < 4.78 is 7.94. The molecule has 0 saturated carbocycles. The zero-order chi connectivity index (χ0) is 11.7. The van der Waals surface area contributed by atoms with Crippen LogP contribution in [0.2, 0.25) is 0 Å². The van der Waals surface area contributed by atoms with E-state index in [2.05, 4.69) is 9.47 Å². The van der Waals surface area contributed by atoms with Crippen LogP contribution in [0.4, 0.5) is 0 Å². The SMILES string of the molecule is CC(=O)OC(C)=O.CC(=O)OC(C)=O.[Ti]. The van der Waals surface area contributed by atoms with Crippen LogP contribution in [0.3, 0.4) is 0 Å². The molecule has 0 radical (unpaired) electrons. The number of carbonyl (C=O) groups excluding carboxylic acids is 4. The predicted molar refractivity (Wildman–Crippen MR) is 44.9 cm³/mol. The molecule has 0 aromatic rings. The fourth-order valence-corrected chi connectivity index (χ4v) is 0.405. The molecule has 0 aromatic heterocycles. The van der Waals surface area contributed by atoms with E-state index in [4.69, 9.17) is 0 Å². The van der Waals surface area contributed by atoms with Gasteiger partial charge in [-0.25, -0.2) is 0 Å². The van der Waals surface area contributed by atoms with Crippen LogP contribution in [0.1, 0.15) is 27.7 Å². The van der Waals surface area contributed by atoms with Gasteiger partial charge in [0.2, 0.25) is 0 Å². The van der Waals surface area contributed by atoms with Gasteiger partial charge in [-0.15, -0.1) is 0 Å².